The molecule has 1 aromatic heterocycles. The Hall–Kier alpha value is -2.37. The zero-order valence-electron chi connectivity index (χ0n) is 13.2. The zero-order chi connectivity index (χ0) is 15.9. The summed E-state index contributed by atoms with van der Waals surface area (Å²) in [6, 6.07) is 7.83. The van der Waals surface area contributed by atoms with Crippen LogP contribution in [-0.4, -0.2) is 34.6 Å². The van der Waals surface area contributed by atoms with Gasteiger partial charge in [0, 0.05) is 7.05 Å². The van der Waals surface area contributed by atoms with Gasteiger partial charge in [-0.3, -0.25) is 4.79 Å². The standard InChI is InChI=1S/C16H21N3O3/c1-4-12(2)13-7-5-6-8-14(13)21-10-16(20)19(3)9-15-17-11-22-18-15/h5-8,11-12H,4,9-10H2,1-3H3. The summed E-state index contributed by atoms with van der Waals surface area (Å²) in [7, 11) is 1.68. The summed E-state index contributed by atoms with van der Waals surface area (Å²) in [5.74, 6) is 1.49. The van der Waals surface area contributed by atoms with Crippen molar-refractivity contribution in [2.45, 2.75) is 32.7 Å². The molecule has 1 heterocycles. The third-order valence-corrected chi connectivity index (χ3v) is 3.62. The highest BCUT2D eigenvalue weighted by Crippen LogP contribution is 2.28. The minimum Gasteiger partial charge on any atom is -0.483 e. The van der Waals surface area contributed by atoms with E-state index in [0.717, 1.165) is 17.7 Å². The van der Waals surface area contributed by atoms with Gasteiger partial charge >= 0.3 is 0 Å². The van der Waals surface area contributed by atoms with Crippen LogP contribution in [0.15, 0.2) is 35.2 Å². The van der Waals surface area contributed by atoms with Gasteiger partial charge in [-0.25, -0.2) is 0 Å². The average molecular weight is 303 g/mol. The largest absolute Gasteiger partial charge is 0.483 e. The predicted molar refractivity (Wildman–Crippen MR) is 81.4 cm³/mol. The summed E-state index contributed by atoms with van der Waals surface area (Å²) in [4.78, 5) is 17.5. The maximum absolute atomic E-state index is 12.1. The number of likely N-dealkylation sites (N-methyl/N-ethyl adjacent to an activating group) is 1. The van der Waals surface area contributed by atoms with Crippen LogP contribution in [0, 0.1) is 0 Å². The summed E-state index contributed by atoms with van der Waals surface area (Å²) >= 11 is 0. The van der Waals surface area contributed by atoms with Gasteiger partial charge < -0.3 is 14.2 Å². The lowest BCUT2D eigenvalue weighted by Crippen LogP contribution is -2.31. The molecule has 2 rings (SSSR count). The van der Waals surface area contributed by atoms with Gasteiger partial charge in [0.05, 0.1) is 6.54 Å². The normalized spacial score (nSPS) is 12.0. The van der Waals surface area contributed by atoms with Crippen molar-refractivity contribution in [2.75, 3.05) is 13.7 Å². The van der Waals surface area contributed by atoms with Crippen LogP contribution < -0.4 is 4.74 Å². The Kier molecular flexibility index (Phi) is 5.52. The molecule has 0 aliphatic carbocycles. The van der Waals surface area contributed by atoms with E-state index in [9.17, 15) is 4.79 Å². The molecule has 0 radical (unpaired) electrons. The highest BCUT2D eigenvalue weighted by molar-refractivity contribution is 5.77. The zero-order valence-corrected chi connectivity index (χ0v) is 13.2. The highest BCUT2D eigenvalue weighted by Gasteiger charge is 2.14. The Balaban J connectivity index is 1.93. The molecule has 0 aliphatic rings. The van der Waals surface area contributed by atoms with Crippen molar-refractivity contribution in [3.8, 4) is 5.75 Å². The van der Waals surface area contributed by atoms with Crippen LogP contribution in [0.4, 0.5) is 0 Å². The van der Waals surface area contributed by atoms with Crippen molar-refractivity contribution < 1.29 is 14.1 Å². The Morgan fingerprint density at radius 3 is 2.86 bits per heavy atom. The van der Waals surface area contributed by atoms with E-state index in [2.05, 4.69) is 28.5 Å². The topological polar surface area (TPSA) is 68.5 Å². The number of rotatable bonds is 7. The van der Waals surface area contributed by atoms with Gasteiger partial charge in [-0.1, -0.05) is 37.2 Å². The van der Waals surface area contributed by atoms with Gasteiger partial charge in [0.15, 0.2) is 12.4 Å². The number of carbonyl (C=O) groups is 1. The Bertz CT molecular complexity index is 598. The van der Waals surface area contributed by atoms with Crippen LogP contribution in [0.5, 0.6) is 5.75 Å². The first kappa shape index (κ1) is 16.0. The Morgan fingerprint density at radius 2 is 2.18 bits per heavy atom. The van der Waals surface area contributed by atoms with Gasteiger partial charge in [-0.15, -0.1) is 0 Å². The number of carbonyl (C=O) groups excluding carboxylic acids is 1. The lowest BCUT2D eigenvalue weighted by atomic mass is 9.98. The third-order valence-electron chi connectivity index (χ3n) is 3.62. The summed E-state index contributed by atoms with van der Waals surface area (Å²) < 4.78 is 10.4. The fraction of sp³-hybridized carbons (Fsp3) is 0.438. The van der Waals surface area contributed by atoms with Crippen molar-refractivity contribution in [2.24, 2.45) is 0 Å². The maximum Gasteiger partial charge on any atom is 0.260 e. The van der Waals surface area contributed by atoms with Gasteiger partial charge in [-0.05, 0) is 24.0 Å². The molecule has 0 bridgehead atoms. The molecule has 6 heteroatoms. The molecule has 1 unspecified atom stereocenters. The average Bonchev–Trinajstić information content (AvgIpc) is 3.05. The summed E-state index contributed by atoms with van der Waals surface area (Å²) in [5.41, 5.74) is 1.12. The van der Waals surface area contributed by atoms with E-state index in [1.807, 2.05) is 24.3 Å². The van der Waals surface area contributed by atoms with E-state index in [0.29, 0.717) is 18.3 Å². The molecule has 0 saturated heterocycles. The van der Waals surface area contributed by atoms with Crippen molar-refractivity contribution in [1.29, 1.82) is 0 Å². The van der Waals surface area contributed by atoms with E-state index in [1.165, 1.54) is 11.3 Å². The molecule has 0 spiro atoms. The van der Waals surface area contributed by atoms with Crippen molar-refractivity contribution >= 4 is 5.91 Å². The van der Waals surface area contributed by atoms with Gasteiger partial charge in [0.25, 0.3) is 5.91 Å². The van der Waals surface area contributed by atoms with Crippen molar-refractivity contribution in [3.05, 3.63) is 42.0 Å². The minimum absolute atomic E-state index is 0.0121. The molecule has 1 amide bonds. The molecule has 22 heavy (non-hydrogen) atoms. The predicted octanol–water partition coefficient (Wildman–Crippen LogP) is 2.62. The fourth-order valence-corrected chi connectivity index (χ4v) is 2.05. The molecule has 1 aromatic carbocycles. The first-order valence-electron chi connectivity index (χ1n) is 7.32. The second-order valence-corrected chi connectivity index (χ2v) is 5.23. The number of hydrogen-bond acceptors (Lipinski definition) is 5. The second kappa shape index (κ2) is 7.59. The highest BCUT2D eigenvalue weighted by atomic mass is 16.5. The molecular weight excluding hydrogens is 282 g/mol. The SMILES string of the molecule is CCC(C)c1ccccc1OCC(=O)N(C)Cc1ncon1. The number of nitrogens with zero attached hydrogens (tertiary/aromatic N) is 3. The molecule has 1 atom stereocenters. The van der Waals surface area contributed by atoms with Gasteiger partial charge in [-0.2, -0.15) is 4.98 Å². The number of para-hydroxylation sites is 1. The number of ether oxygens (including phenoxy) is 1. The number of aromatic nitrogens is 2. The fourth-order valence-electron chi connectivity index (χ4n) is 2.05. The van der Waals surface area contributed by atoms with E-state index in [4.69, 9.17) is 4.74 Å². The molecule has 118 valence electrons. The van der Waals surface area contributed by atoms with E-state index < -0.39 is 0 Å². The first-order chi connectivity index (χ1) is 10.6. The minimum atomic E-state index is -0.135. The quantitative estimate of drug-likeness (QED) is 0.786. The van der Waals surface area contributed by atoms with Crippen LogP contribution in [0.25, 0.3) is 0 Å². The lowest BCUT2D eigenvalue weighted by molar-refractivity contribution is -0.132. The van der Waals surface area contributed by atoms with Crippen LogP contribution >= 0.6 is 0 Å². The molecular formula is C16H21N3O3. The Morgan fingerprint density at radius 1 is 1.41 bits per heavy atom. The van der Waals surface area contributed by atoms with Crippen molar-refractivity contribution in [1.82, 2.24) is 15.0 Å². The Labute approximate surface area is 130 Å². The molecule has 0 saturated carbocycles. The van der Waals surface area contributed by atoms with Gasteiger partial charge in [0.2, 0.25) is 6.39 Å². The third kappa shape index (κ3) is 4.07. The molecule has 0 N–H and O–H groups in total. The van der Waals surface area contributed by atoms with Crippen LogP contribution in [0.3, 0.4) is 0 Å². The van der Waals surface area contributed by atoms with Crippen LogP contribution in [-0.2, 0) is 11.3 Å². The summed E-state index contributed by atoms with van der Waals surface area (Å²) in [6.45, 7) is 4.56. The summed E-state index contributed by atoms with van der Waals surface area (Å²) in [6.07, 6.45) is 2.26. The van der Waals surface area contributed by atoms with Crippen LogP contribution in [0.2, 0.25) is 0 Å². The van der Waals surface area contributed by atoms with Crippen molar-refractivity contribution in [3.63, 3.8) is 0 Å². The molecule has 0 fully saturated rings. The van der Waals surface area contributed by atoms with E-state index in [1.54, 1.807) is 7.05 Å². The number of hydrogen-bond donors (Lipinski definition) is 0. The maximum atomic E-state index is 12.1. The molecule has 0 aliphatic heterocycles. The second-order valence-electron chi connectivity index (χ2n) is 5.23. The monoisotopic (exact) mass is 303 g/mol. The molecule has 2 aromatic rings. The van der Waals surface area contributed by atoms with E-state index in [-0.39, 0.29) is 12.5 Å². The van der Waals surface area contributed by atoms with Gasteiger partial charge in [0.1, 0.15) is 5.75 Å². The smallest absolute Gasteiger partial charge is 0.260 e. The first-order valence-corrected chi connectivity index (χ1v) is 7.32. The number of amides is 1. The van der Waals surface area contributed by atoms with Crippen LogP contribution in [0.1, 0.15) is 37.6 Å². The molecule has 6 nitrogen and oxygen atoms in total. The van der Waals surface area contributed by atoms with E-state index >= 15 is 0 Å². The summed E-state index contributed by atoms with van der Waals surface area (Å²) in [5, 5.41) is 3.68. The lowest BCUT2D eigenvalue weighted by Gasteiger charge is -2.18. The number of benzene rings is 1.